The molecule has 2 aromatic carbocycles. The van der Waals surface area contributed by atoms with E-state index >= 15 is 0 Å². The predicted molar refractivity (Wildman–Crippen MR) is 91.2 cm³/mol. The first-order valence-corrected chi connectivity index (χ1v) is 9.38. The molecule has 24 heavy (non-hydrogen) atoms. The maximum absolute atomic E-state index is 12.4. The van der Waals surface area contributed by atoms with Crippen molar-refractivity contribution in [2.24, 2.45) is 0 Å². The third kappa shape index (κ3) is 3.92. The molecule has 0 saturated carbocycles. The van der Waals surface area contributed by atoms with Crippen LogP contribution in [0.15, 0.2) is 47.4 Å². The van der Waals surface area contributed by atoms with Gasteiger partial charge in [-0.05, 0) is 22.9 Å². The molecular weight excluding hydrogens is 328 g/mol. The van der Waals surface area contributed by atoms with Gasteiger partial charge in [-0.2, -0.15) is 0 Å². The summed E-state index contributed by atoms with van der Waals surface area (Å²) in [5.74, 6) is -0.0560. The first-order valence-electron chi connectivity index (χ1n) is 7.90. The summed E-state index contributed by atoms with van der Waals surface area (Å²) in [5.41, 5.74) is 0. The first kappa shape index (κ1) is 16.9. The average Bonchev–Trinajstić information content (AvgIpc) is 2.62. The Morgan fingerprint density at radius 3 is 2.54 bits per heavy atom. The molecule has 0 aliphatic carbocycles. The topological polar surface area (TPSA) is 75.7 Å². The number of nitrogens with one attached hydrogen (secondary N) is 1. The fourth-order valence-electron chi connectivity index (χ4n) is 2.68. The predicted octanol–water partition coefficient (Wildman–Crippen LogP) is 1.37. The van der Waals surface area contributed by atoms with E-state index < -0.39 is 10.0 Å². The number of rotatable bonds is 5. The molecule has 0 aromatic heterocycles. The molecule has 1 aliphatic heterocycles. The molecule has 128 valence electrons. The number of fused-ring (bicyclic) bond motifs is 1. The van der Waals surface area contributed by atoms with E-state index in [9.17, 15) is 13.2 Å². The van der Waals surface area contributed by atoms with Gasteiger partial charge in [0.1, 0.15) is 0 Å². The van der Waals surface area contributed by atoms with E-state index in [1.165, 1.54) is 0 Å². The van der Waals surface area contributed by atoms with Crippen molar-refractivity contribution >= 4 is 26.7 Å². The highest BCUT2D eigenvalue weighted by atomic mass is 32.2. The molecule has 1 heterocycles. The van der Waals surface area contributed by atoms with E-state index in [4.69, 9.17) is 4.74 Å². The fraction of sp³-hybridized carbons (Fsp3) is 0.353. The Bertz CT molecular complexity index is 829. The van der Waals surface area contributed by atoms with Gasteiger partial charge in [-0.1, -0.05) is 30.3 Å². The maximum Gasteiger partial charge on any atom is 0.240 e. The Morgan fingerprint density at radius 2 is 1.79 bits per heavy atom. The molecule has 0 atom stereocenters. The number of benzene rings is 2. The summed E-state index contributed by atoms with van der Waals surface area (Å²) < 4.78 is 32.5. The zero-order chi connectivity index (χ0) is 17.0. The molecule has 0 spiro atoms. The Hall–Kier alpha value is -1.96. The highest BCUT2D eigenvalue weighted by Gasteiger charge is 2.18. The molecular formula is C17H20N2O4S. The molecule has 0 unspecified atom stereocenters. The summed E-state index contributed by atoms with van der Waals surface area (Å²) in [6.07, 6.45) is 0.146. The molecule has 1 amide bonds. The van der Waals surface area contributed by atoms with Crippen molar-refractivity contribution in [3.05, 3.63) is 42.5 Å². The summed E-state index contributed by atoms with van der Waals surface area (Å²) in [6.45, 7) is 2.29. The first-order chi connectivity index (χ1) is 11.6. The third-order valence-electron chi connectivity index (χ3n) is 4.03. The number of carbonyl (C=O) groups is 1. The van der Waals surface area contributed by atoms with Crippen molar-refractivity contribution < 1.29 is 17.9 Å². The number of ether oxygens (including phenoxy) is 1. The molecule has 0 bridgehead atoms. The smallest absolute Gasteiger partial charge is 0.240 e. The molecule has 1 N–H and O–H groups in total. The molecule has 6 nitrogen and oxygen atoms in total. The molecule has 2 aromatic rings. The lowest BCUT2D eigenvalue weighted by atomic mass is 10.1. The summed E-state index contributed by atoms with van der Waals surface area (Å²) in [7, 11) is -3.62. The van der Waals surface area contributed by atoms with E-state index in [0.717, 1.165) is 10.8 Å². The van der Waals surface area contributed by atoms with Gasteiger partial charge in [-0.15, -0.1) is 0 Å². The quantitative estimate of drug-likeness (QED) is 0.885. The van der Waals surface area contributed by atoms with Crippen molar-refractivity contribution in [2.45, 2.75) is 11.3 Å². The Labute approximate surface area is 141 Å². The van der Waals surface area contributed by atoms with Gasteiger partial charge in [0.25, 0.3) is 0 Å². The largest absolute Gasteiger partial charge is 0.378 e. The van der Waals surface area contributed by atoms with Gasteiger partial charge in [0.05, 0.1) is 18.1 Å². The van der Waals surface area contributed by atoms with Crippen LogP contribution in [-0.4, -0.2) is 52.1 Å². The lowest BCUT2D eigenvalue weighted by Gasteiger charge is -2.26. The van der Waals surface area contributed by atoms with Gasteiger partial charge in [0, 0.05) is 26.1 Å². The maximum atomic E-state index is 12.4. The lowest BCUT2D eigenvalue weighted by Crippen LogP contribution is -2.42. The number of nitrogens with zero attached hydrogens (tertiary/aromatic N) is 1. The lowest BCUT2D eigenvalue weighted by molar-refractivity contribution is -0.135. The van der Waals surface area contributed by atoms with Gasteiger partial charge >= 0.3 is 0 Å². The van der Waals surface area contributed by atoms with Crippen LogP contribution in [0.2, 0.25) is 0 Å². The molecule has 1 saturated heterocycles. The van der Waals surface area contributed by atoms with Crippen molar-refractivity contribution in [1.82, 2.24) is 9.62 Å². The Morgan fingerprint density at radius 1 is 1.08 bits per heavy atom. The van der Waals surface area contributed by atoms with Crippen LogP contribution < -0.4 is 4.72 Å². The number of hydrogen-bond acceptors (Lipinski definition) is 4. The van der Waals surface area contributed by atoms with Crippen LogP contribution in [0.3, 0.4) is 0 Å². The van der Waals surface area contributed by atoms with Crippen LogP contribution in [0.25, 0.3) is 10.8 Å². The number of hydrogen-bond donors (Lipinski definition) is 1. The van der Waals surface area contributed by atoms with Gasteiger partial charge in [0.15, 0.2) is 0 Å². The van der Waals surface area contributed by atoms with Crippen LogP contribution in [0.1, 0.15) is 6.42 Å². The van der Waals surface area contributed by atoms with Gasteiger partial charge in [-0.25, -0.2) is 13.1 Å². The summed E-state index contributed by atoms with van der Waals surface area (Å²) >= 11 is 0. The average molecular weight is 348 g/mol. The van der Waals surface area contributed by atoms with E-state index in [1.54, 1.807) is 23.1 Å². The van der Waals surface area contributed by atoms with Crippen molar-refractivity contribution in [3.8, 4) is 0 Å². The SMILES string of the molecule is O=C(CCNS(=O)(=O)c1ccc2ccccc2c1)N1CCOCC1. The van der Waals surface area contributed by atoms with E-state index in [0.29, 0.717) is 26.3 Å². The Kier molecular flexibility index (Phi) is 5.13. The molecule has 1 fully saturated rings. The normalized spacial score (nSPS) is 15.6. The zero-order valence-corrected chi connectivity index (χ0v) is 14.1. The molecule has 1 aliphatic rings. The summed E-state index contributed by atoms with van der Waals surface area (Å²) in [5, 5.41) is 1.85. The Balaban J connectivity index is 1.61. The van der Waals surface area contributed by atoms with Crippen LogP contribution in [0.5, 0.6) is 0 Å². The summed E-state index contributed by atoms with van der Waals surface area (Å²) in [4.78, 5) is 13.9. The molecule has 3 rings (SSSR count). The van der Waals surface area contributed by atoms with Crippen molar-refractivity contribution in [2.75, 3.05) is 32.8 Å². The summed E-state index contributed by atoms with van der Waals surface area (Å²) in [6, 6.07) is 12.6. The minimum absolute atomic E-state index is 0.0560. The molecule has 7 heteroatoms. The van der Waals surface area contributed by atoms with E-state index in [1.807, 2.05) is 24.3 Å². The minimum atomic E-state index is -3.62. The van der Waals surface area contributed by atoms with Crippen LogP contribution in [-0.2, 0) is 19.6 Å². The number of carbonyl (C=O) groups excluding carboxylic acids is 1. The van der Waals surface area contributed by atoms with Crippen molar-refractivity contribution in [1.29, 1.82) is 0 Å². The van der Waals surface area contributed by atoms with E-state index in [-0.39, 0.29) is 23.8 Å². The monoisotopic (exact) mass is 348 g/mol. The molecule has 0 radical (unpaired) electrons. The van der Waals surface area contributed by atoms with Gasteiger partial charge < -0.3 is 9.64 Å². The second-order valence-electron chi connectivity index (χ2n) is 5.65. The van der Waals surface area contributed by atoms with Crippen molar-refractivity contribution in [3.63, 3.8) is 0 Å². The van der Waals surface area contributed by atoms with Gasteiger partial charge in [-0.3, -0.25) is 4.79 Å². The minimum Gasteiger partial charge on any atom is -0.378 e. The highest BCUT2D eigenvalue weighted by Crippen LogP contribution is 2.18. The van der Waals surface area contributed by atoms with Crippen LogP contribution in [0.4, 0.5) is 0 Å². The number of sulfonamides is 1. The standard InChI is InChI=1S/C17H20N2O4S/c20-17(19-9-11-23-12-10-19)7-8-18-24(21,22)16-6-5-14-3-1-2-4-15(14)13-16/h1-6,13,18H,7-12H2. The highest BCUT2D eigenvalue weighted by molar-refractivity contribution is 7.89. The van der Waals surface area contributed by atoms with Crippen LogP contribution >= 0.6 is 0 Å². The fourth-order valence-corrected chi connectivity index (χ4v) is 3.75. The number of morpholine rings is 1. The second kappa shape index (κ2) is 7.29. The zero-order valence-electron chi connectivity index (χ0n) is 13.3. The van der Waals surface area contributed by atoms with Crippen LogP contribution in [0, 0.1) is 0 Å². The van der Waals surface area contributed by atoms with E-state index in [2.05, 4.69) is 4.72 Å². The second-order valence-corrected chi connectivity index (χ2v) is 7.42. The number of amides is 1. The third-order valence-corrected chi connectivity index (χ3v) is 5.48. The van der Waals surface area contributed by atoms with Gasteiger partial charge in [0.2, 0.25) is 15.9 Å².